The van der Waals surface area contributed by atoms with Crippen LogP contribution in [0.4, 0.5) is 5.69 Å². The van der Waals surface area contributed by atoms with Crippen molar-refractivity contribution in [2.45, 2.75) is 19.3 Å². The lowest BCUT2D eigenvalue weighted by Gasteiger charge is -2.06. The molecule has 0 aliphatic carbocycles. The Morgan fingerprint density at radius 3 is 2.20 bits per heavy atom. The Morgan fingerprint density at radius 1 is 0.900 bits per heavy atom. The molecule has 3 heteroatoms. The standard InChI is InChI=1S/C17H18BrNO/c18-13-12-15-6-9-16(10-7-15)19-17(20)11-8-14-4-2-1-3-5-14/h1-7,9-10H,8,11-13H2,(H,19,20). The SMILES string of the molecule is O=C(CCc1ccccc1)Nc1ccc(CCBr)cc1. The van der Waals surface area contributed by atoms with Crippen molar-refractivity contribution in [3.8, 4) is 0 Å². The van der Waals surface area contributed by atoms with Gasteiger partial charge in [-0.1, -0.05) is 58.4 Å². The van der Waals surface area contributed by atoms with E-state index in [4.69, 9.17) is 0 Å². The summed E-state index contributed by atoms with van der Waals surface area (Å²) in [5.74, 6) is 0.0575. The lowest BCUT2D eigenvalue weighted by atomic mass is 10.1. The van der Waals surface area contributed by atoms with Crippen LogP contribution in [0, 0.1) is 0 Å². The van der Waals surface area contributed by atoms with E-state index in [9.17, 15) is 4.79 Å². The van der Waals surface area contributed by atoms with Crippen LogP contribution >= 0.6 is 15.9 Å². The van der Waals surface area contributed by atoms with Crippen LogP contribution in [0.1, 0.15) is 17.5 Å². The minimum absolute atomic E-state index is 0.0575. The number of hydrogen-bond donors (Lipinski definition) is 1. The highest BCUT2D eigenvalue weighted by atomic mass is 79.9. The highest BCUT2D eigenvalue weighted by Crippen LogP contribution is 2.12. The molecule has 0 radical (unpaired) electrons. The zero-order chi connectivity index (χ0) is 14.2. The first kappa shape index (κ1) is 14.8. The van der Waals surface area contributed by atoms with Crippen molar-refractivity contribution in [2.75, 3.05) is 10.6 Å². The summed E-state index contributed by atoms with van der Waals surface area (Å²) in [6.45, 7) is 0. The Kier molecular flexibility index (Phi) is 5.81. The lowest BCUT2D eigenvalue weighted by Crippen LogP contribution is -2.12. The third kappa shape index (κ3) is 4.82. The molecule has 0 heterocycles. The molecule has 1 amide bonds. The second kappa shape index (κ2) is 7.85. The van der Waals surface area contributed by atoms with Crippen LogP contribution in [0.15, 0.2) is 54.6 Å². The summed E-state index contributed by atoms with van der Waals surface area (Å²) in [6.07, 6.45) is 2.28. The first-order chi connectivity index (χ1) is 9.78. The number of anilines is 1. The van der Waals surface area contributed by atoms with Gasteiger partial charge in [0.25, 0.3) is 0 Å². The van der Waals surface area contributed by atoms with Gasteiger partial charge in [-0.25, -0.2) is 0 Å². The Balaban J connectivity index is 1.82. The molecule has 0 bridgehead atoms. The number of nitrogens with one attached hydrogen (secondary N) is 1. The molecule has 0 atom stereocenters. The van der Waals surface area contributed by atoms with Gasteiger partial charge < -0.3 is 5.32 Å². The summed E-state index contributed by atoms with van der Waals surface area (Å²) in [5.41, 5.74) is 3.32. The number of benzene rings is 2. The van der Waals surface area contributed by atoms with E-state index in [1.165, 1.54) is 11.1 Å². The smallest absolute Gasteiger partial charge is 0.224 e. The van der Waals surface area contributed by atoms with Crippen molar-refractivity contribution in [3.05, 3.63) is 65.7 Å². The van der Waals surface area contributed by atoms with E-state index >= 15 is 0 Å². The molecule has 2 nitrogen and oxygen atoms in total. The van der Waals surface area contributed by atoms with Gasteiger partial charge in [0.15, 0.2) is 0 Å². The molecule has 0 aliphatic heterocycles. The number of carbonyl (C=O) groups is 1. The number of alkyl halides is 1. The Morgan fingerprint density at radius 2 is 1.55 bits per heavy atom. The number of halogens is 1. The Labute approximate surface area is 128 Å². The van der Waals surface area contributed by atoms with Crippen LogP contribution in [-0.2, 0) is 17.6 Å². The van der Waals surface area contributed by atoms with Crippen LogP contribution in [0.5, 0.6) is 0 Å². The monoisotopic (exact) mass is 331 g/mol. The predicted octanol–water partition coefficient (Wildman–Crippen LogP) is 4.20. The summed E-state index contributed by atoms with van der Waals surface area (Å²) < 4.78 is 0. The maximum Gasteiger partial charge on any atom is 0.224 e. The van der Waals surface area contributed by atoms with Crippen molar-refractivity contribution < 1.29 is 4.79 Å². The average molecular weight is 332 g/mol. The first-order valence-electron chi connectivity index (χ1n) is 6.76. The number of carbonyl (C=O) groups excluding carboxylic acids is 1. The van der Waals surface area contributed by atoms with E-state index in [0.717, 1.165) is 23.9 Å². The van der Waals surface area contributed by atoms with Gasteiger partial charge in [0.05, 0.1) is 0 Å². The Bertz CT molecular complexity index is 537. The third-order valence-corrected chi connectivity index (χ3v) is 3.50. The molecule has 0 unspecified atom stereocenters. The van der Waals surface area contributed by atoms with Crippen LogP contribution in [-0.4, -0.2) is 11.2 Å². The molecular weight excluding hydrogens is 314 g/mol. The van der Waals surface area contributed by atoms with Crippen molar-refractivity contribution in [3.63, 3.8) is 0 Å². The highest BCUT2D eigenvalue weighted by molar-refractivity contribution is 9.09. The molecule has 0 saturated heterocycles. The molecule has 104 valence electrons. The van der Waals surface area contributed by atoms with Gasteiger partial charge in [-0.3, -0.25) is 4.79 Å². The molecule has 0 aromatic heterocycles. The van der Waals surface area contributed by atoms with Crippen LogP contribution in [0.2, 0.25) is 0 Å². The molecule has 2 rings (SSSR count). The third-order valence-electron chi connectivity index (χ3n) is 3.10. The minimum Gasteiger partial charge on any atom is -0.326 e. The van der Waals surface area contributed by atoms with Crippen molar-refractivity contribution in [1.29, 1.82) is 0 Å². The summed E-state index contributed by atoms with van der Waals surface area (Å²) in [5, 5.41) is 3.88. The molecule has 1 N–H and O–H groups in total. The maximum atomic E-state index is 11.9. The van der Waals surface area contributed by atoms with Gasteiger partial charge in [-0.2, -0.15) is 0 Å². The van der Waals surface area contributed by atoms with Crippen LogP contribution in [0.3, 0.4) is 0 Å². The van der Waals surface area contributed by atoms with E-state index in [0.29, 0.717) is 6.42 Å². The van der Waals surface area contributed by atoms with Crippen molar-refractivity contribution in [2.24, 2.45) is 0 Å². The van der Waals surface area contributed by atoms with Crippen molar-refractivity contribution in [1.82, 2.24) is 0 Å². The quantitative estimate of drug-likeness (QED) is 0.790. The molecule has 0 fully saturated rings. The second-order valence-corrected chi connectivity index (χ2v) is 5.46. The second-order valence-electron chi connectivity index (χ2n) is 4.67. The first-order valence-corrected chi connectivity index (χ1v) is 7.89. The van der Waals surface area contributed by atoms with Gasteiger partial charge in [-0.05, 0) is 36.1 Å². The van der Waals surface area contributed by atoms with E-state index in [1.807, 2.05) is 54.6 Å². The van der Waals surface area contributed by atoms with Crippen molar-refractivity contribution >= 4 is 27.5 Å². The zero-order valence-electron chi connectivity index (χ0n) is 11.3. The average Bonchev–Trinajstić information content (AvgIpc) is 2.49. The van der Waals surface area contributed by atoms with E-state index in [-0.39, 0.29) is 5.91 Å². The van der Waals surface area contributed by atoms with Crippen LogP contribution in [0.25, 0.3) is 0 Å². The van der Waals surface area contributed by atoms with Gasteiger partial charge in [0, 0.05) is 17.4 Å². The van der Waals surface area contributed by atoms with Gasteiger partial charge >= 0.3 is 0 Å². The fraction of sp³-hybridized carbons (Fsp3) is 0.235. The fourth-order valence-electron chi connectivity index (χ4n) is 1.99. The molecule has 20 heavy (non-hydrogen) atoms. The number of rotatable bonds is 6. The van der Waals surface area contributed by atoms with E-state index in [1.54, 1.807) is 0 Å². The maximum absolute atomic E-state index is 11.9. The molecule has 0 saturated carbocycles. The zero-order valence-corrected chi connectivity index (χ0v) is 12.9. The number of amides is 1. The van der Waals surface area contributed by atoms with E-state index in [2.05, 4.69) is 21.2 Å². The predicted molar refractivity (Wildman–Crippen MR) is 87.3 cm³/mol. The van der Waals surface area contributed by atoms with Gasteiger partial charge in [0.2, 0.25) is 5.91 Å². The topological polar surface area (TPSA) is 29.1 Å². The molecule has 0 spiro atoms. The summed E-state index contributed by atoms with van der Waals surface area (Å²) in [4.78, 5) is 11.9. The Hall–Kier alpha value is -1.61. The molecular formula is C17H18BrNO. The van der Waals surface area contributed by atoms with Crippen LogP contribution < -0.4 is 5.32 Å². The van der Waals surface area contributed by atoms with E-state index < -0.39 is 0 Å². The van der Waals surface area contributed by atoms with Gasteiger partial charge in [0.1, 0.15) is 0 Å². The van der Waals surface area contributed by atoms with Gasteiger partial charge in [-0.15, -0.1) is 0 Å². The molecule has 0 aliphatic rings. The molecule has 2 aromatic rings. The normalized spacial score (nSPS) is 10.2. The molecule has 2 aromatic carbocycles. The highest BCUT2D eigenvalue weighted by Gasteiger charge is 2.03. The lowest BCUT2D eigenvalue weighted by molar-refractivity contribution is -0.116. The summed E-state index contributed by atoms with van der Waals surface area (Å²) in [7, 11) is 0. The minimum atomic E-state index is 0.0575. The fourth-order valence-corrected chi connectivity index (χ4v) is 2.45. The largest absolute Gasteiger partial charge is 0.326 e. The number of hydrogen-bond acceptors (Lipinski definition) is 1. The summed E-state index contributed by atoms with van der Waals surface area (Å²) >= 11 is 3.42. The summed E-state index contributed by atoms with van der Waals surface area (Å²) in [6, 6.07) is 18.1. The number of aryl methyl sites for hydroxylation is 2.